The van der Waals surface area contributed by atoms with Gasteiger partial charge in [-0.3, -0.25) is 4.79 Å². The monoisotopic (exact) mass is 246 g/mol. The van der Waals surface area contributed by atoms with Crippen LogP contribution in [0.25, 0.3) is 0 Å². The van der Waals surface area contributed by atoms with E-state index in [9.17, 15) is 4.79 Å². The molecule has 0 radical (unpaired) electrons. The standard InChI is InChI=1S/C15H22N2O/c1-12-3-2-4-13(11-12)5-6-15(18)17-14-7-9-16-10-8-14/h2-4,11,14,16H,5-10H2,1H3,(H,17,18). The molecule has 0 aliphatic carbocycles. The van der Waals surface area contributed by atoms with Crippen molar-refractivity contribution in [2.75, 3.05) is 13.1 Å². The zero-order valence-electron chi connectivity index (χ0n) is 11.0. The van der Waals surface area contributed by atoms with Crippen LogP contribution in [0.5, 0.6) is 0 Å². The first-order chi connectivity index (χ1) is 8.74. The van der Waals surface area contributed by atoms with Crippen molar-refractivity contribution < 1.29 is 4.79 Å². The minimum Gasteiger partial charge on any atom is -0.353 e. The minimum atomic E-state index is 0.184. The van der Waals surface area contributed by atoms with E-state index in [0.717, 1.165) is 32.4 Å². The van der Waals surface area contributed by atoms with Crippen LogP contribution in [-0.4, -0.2) is 25.0 Å². The predicted molar refractivity (Wildman–Crippen MR) is 73.5 cm³/mol. The Morgan fingerprint density at radius 2 is 2.17 bits per heavy atom. The van der Waals surface area contributed by atoms with E-state index in [1.165, 1.54) is 11.1 Å². The molecule has 1 fully saturated rings. The summed E-state index contributed by atoms with van der Waals surface area (Å²) in [5, 5.41) is 6.43. The molecule has 18 heavy (non-hydrogen) atoms. The van der Waals surface area contributed by atoms with Gasteiger partial charge in [0.05, 0.1) is 0 Å². The van der Waals surface area contributed by atoms with Crippen molar-refractivity contribution in [3.8, 4) is 0 Å². The fourth-order valence-corrected chi connectivity index (χ4v) is 2.39. The summed E-state index contributed by atoms with van der Waals surface area (Å²) in [4.78, 5) is 11.8. The lowest BCUT2D eigenvalue weighted by Gasteiger charge is -2.23. The summed E-state index contributed by atoms with van der Waals surface area (Å²) in [6.45, 7) is 4.12. The first-order valence-corrected chi connectivity index (χ1v) is 6.79. The van der Waals surface area contributed by atoms with Crippen LogP contribution in [0.2, 0.25) is 0 Å². The Hall–Kier alpha value is -1.35. The first-order valence-electron chi connectivity index (χ1n) is 6.79. The third-order valence-corrected chi connectivity index (χ3v) is 3.43. The number of carbonyl (C=O) groups excluding carboxylic acids is 1. The summed E-state index contributed by atoms with van der Waals surface area (Å²) in [5.41, 5.74) is 2.50. The molecule has 0 spiro atoms. The van der Waals surface area contributed by atoms with Crippen molar-refractivity contribution in [1.29, 1.82) is 0 Å². The molecule has 2 rings (SSSR count). The molecule has 98 valence electrons. The zero-order valence-corrected chi connectivity index (χ0v) is 11.0. The highest BCUT2D eigenvalue weighted by Crippen LogP contribution is 2.07. The van der Waals surface area contributed by atoms with E-state index in [1.54, 1.807) is 0 Å². The molecule has 0 aromatic heterocycles. The second kappa shape index (κ2) is 6.55. The average molecular weight is 246 g/mol. The Morgan fingerprint density at radius 1 is 1.39 bits per heavy atom. The number of carbonyl (C=O) groups is 1. The Labute approximate surface area is 109 Å². The van der Waals surface area contributed by atoms with Crippen molar-refractivity contribution in [1.82, 2.24) is 10.6 Å². The van der Waals surface area contributed by atoms with Crippen LogP contribution < -0.4 is 10.6 Å². The van der Waals surface area contributed by atoms with Gasteiger partial charge in [-0.05, 0) is 44.8 Å². The van der Waals surface area contributed by atoms with E-state index in [0.29, 0.717) is 12.5 Å². The third kappa shape index (κ3) is 4.15. The molecule has 1 heterocycles. The topological polar surface area (TPSA) is 41.1 Å². The fraction of sp³-hybridized carbons (Fsp3) is 0.533. The van der Waals surface area contributed by atoms with Crippen molar-refractivity contribution >= 4 is 5.91 Å². The number of benzene rings is 1. The molecule has 3 nitrogen and oxygen atoms in total. The number of amides is 1. The lowest BCUT2D eigenvalue weighted by atomic mass is 10.0. The molecular weight excluding hydrogens is 224 g/mol. The van der Waals surface area contributed by atoms with Gasteiger partial charge in [0.1, 0.15) is 0 Å². The lowest BCUT2D eigenvalue weighted by Crippen LogP contribution is -2.42. The molecule has 1 saturated heterocycles. The Kier molecular flexibility index (Phi) is 4.76. The quantitative estimate of drug-likeness (QED) is 0.850. The van der Waals surface area contributed by atoms with Crippen LogP contribution in [0.1, 0.15) is 30.4 Å². The van der Waals surface area contributed by atoms with E-state index < -0.39 is 0 Å². The fourth-order valence-electron chi connectivity index (χ4n) is 2.39. The van der Waals surface area contributed by atoms with Gasteiger partial charge in [-0.15, -0.1) is 0 Å². The van der Waals surface area contributed by atoms with E-state index in [-0.39, 0.29) is 5.91 Å². The molecule has 0 atom stereocenters. The SMILES string of the molecule is Cc1cccc(CCC(=O)NC2CCNCC2)c1. The number of nitrogens with one attached hydrogen (secondary N) is 2. The van der Waals surface area contributed by atoms with Crippen molar-refractivity contribution in [2.24, 2.45) is 0 Å². The highest BCUT2D eigenvalue weighted by atomic mass is 16.1. The summed E-state index contributed by atoms with van der Waals surface area (Å²) in [5.74, 6) is 0.184. The largest absolute Gasteiger partial charge is 0.353 e. The van der Waals surface area contributed by atoms with Crippen LogP contribution in [0.15, 0.2) is 24.3 Å². The molecule has 1 amide bonds. The van der Waals surface area contributed by atoms with E-state index >= 15 is 0 Å². The molecular formula is C15H22N2O. The molecule has 1 aromatic rings. The second-order valence-electron chi connectivity index (χ2n) is 5.08. The normalized spacial score (nSPS) is 16.5. The van der Waals surface area contributed by atoms with Crippen LogP contribution >= 0.6 is 0 Å². The van der Waals surface area contributed by atoms with Gasteiger partial charge in [0, 0.05) is 12.5 Å². The van der Waals surface area contributed by atoms with Gasteiger partial charge in [0.15, 0.2) is 0 Å². The predicted octanol–water partition coefficient (Wildman–Crippen LogP) is 1.80. The van der Waals surface area contributed by atoms with E-state index in [1.807, 2.05) is 0 Å². The van der Waals surface area contributed by atoms with Crippen LogP contribution in [-0.2, 0) is 11.2 Å². The zero-order chi connectivity index (χ0) is 12.8. The van der Waals surface area contributed by atoms with Gasteiger partial charge >= 0.3 is 0 Å². The highest BCUT2D eigenvalue weighted by Gasteiger charge is 2.14. The van der Waals surface area contributed by atoms with Gasteiger partial charge in [-0.2, -0.15) is 0 Å². The maximum absolute atomic E-state index is 11.8. The summed E-state index contributed by atoms with van der Waals surface area (Å²) in [7, 11) is 0. The average Bonchev–Trinajstić information content (AvgIpc) is 2.38. The molecule has 1 aliphatic heterocycles. The number of hydrogen-bond acceptors (Lipinski definition) is 2. The molecule has 0 saturated carbocycles. The maximum Gasteiger partial charge on any atom is 0.220 e. The van der Waals surface area contributed by atoms with E-state index in [2.05, 4.69) is 41.8 Å². The highest BCUT2D eigenvalue weighted by molar-refractivity contribution is 5.76. The number of piperidine rings is 1. The minimum absolute atomic E-state index is 0.184. The van der Waals surface area contributed by atoms with Crippen molar-refractivity contribution in [3.63, 3.8) is 0 Å². The Morgan fingerprint density at radius 3 is 2.89 bits per heavy atom. The van der Waals surface area contributed by atoms with Gasteiger partial charge in [-0.1, -0.05) is 29.8 Å². The lowest BCUT2D eigenvalue weighted by molar-refractivity contribution is -0.121. The Balaban J connectivity index is 1.74. The number of aryl methyl sites for hydroxylation is 2. The maximum atomic E-state index is 11.8. The molecule has 3 heteroatoms. The summed E-state index contributed by atoms with van der Waals surface area (Å²) in [6.07, 6.45) is 3.53. The van der Waals surface area contributed by atoms with Gasteiger partial charge in [-0.25, -0.2) is 0 Å². The molecule has 0 bridgehead atoms. The van der Waals surface area contributed by atoms with Gasteiger partial charge in [0.25, 0.3) is 0 Å². The van der Waals surface area contributed by atoms with Crippen molar-refractivity contribution in [2.45, 2.75) is 38.6 Å². The first kappa shape index (κ1) is 13.1. The molecule has 1 aliphatic rings. The summed E-state index contributed by atoms with van der Waals surface area (Å²) >= 11 is 0. The molecule has 2 N–H and O–H groups in total. The van der Waals surface area contributed by atoms with Crippen LogP contribution in [0, 0.1) is 6.92 Å². The van der Waals surface area contributed by atoms with Gasteiger partial charge in [0.2, 0.25) is 5.91 Å². The summed E-state index contributed by atoms with van der Waals surface area (Å²) < 4.78 is 0. The second-order valence-corrected chi connectivity index (χ2v) is 5.08. The van der Waals surface area contributed by atoms with Crippen LogP contribution in [0.4, 0.5) is 0 Å². The smallest absolute Gasteiger partial charge is 0.220 e. The van der Waals surface area contributed by atoms with Crippen LogP contribution in [0.3, 0.4) is 0 Å². The third-order valence-electron chi connectivity index (χ3n) is 3.43. The molecule has 0 unspecified atom stereocenters. The van der Waals surface area contributed by atoms with Crippen molar-refractivity contribution in [3.05, 3.63) is 35.4 Å². The molecule has 1 aromatic carbocycles. The number of hydrogen-bond donors (Lipinski definition) is 2. The number of rotatable bonds is 4. The van der Waals surface area contributed by atoms with E-state index in [4.69, 9.17) is 0 Å². The Bertz CT molecular complexity index is 397. The summed E-state index contributed by atoms with van der Waals surface area (Å²) in [6, 6.07) is 8.74. The van der Waals surface area contributed by atoms with Gasteiger partial charge < -0.3 is 10.6 Å².